The highest BCUT2D eigenvalue weighted by Gasteiger charge is 2.44. The molecule has 0 bridgehead atoms. The summed E-state index contributed by atoms with van der Waals surface area (Å²) in [6.07, 6.45) is 12.9. The van der Waals surface area contributed by atoms with Crippen LogP contribution in [0.4, 0.5) is 0 Å². The Morgan fingerprint density at radius 2 is 1.53 bits per heavy atom. The number of rotatable bonds is 19. The topological polar surface area (TPSA) is 149 Å². The summed E-state index contributed by atoms with van der Waals surface area (Å²) in [7, 11) is 0. The fourth-order valence-corrected chi connectivity index (χ4v) is 4.08. The van der Waals surface area contributed by atoms with Gasteiger partial charge in [-0.05, 0) is 25.7 Å². The first-order chi connectivity index (χ1) is 17.3. The van der Waals surface area contributed by atoms with Crippen LogP contribution < -0.4 is 5.32 Å². The molecule has 0 saturated carbocycles. The van der Waals surface area contributed by atoms with Gasteiger partial charge in [0.25, 0.3) is 0 Å². The monoisotopic (exact) mass is 515 g/mol. The van der Waals surface area contributed by atoms with Crippen LogP contribution in [0.15, 0.2) is 24.3 Å². The molecule has 1 saturated heterocycles. The van der Waals surface area contributed by atoms with Crippen LogP contribution in [-0.4, -0.2) is 87.5 Å². The van der Waals surface area contributed by atoms with Crippen LogP contribution in [0.3, 0.4) is 0 Å². The highest BCUT2D eigenvalue weighted by Crippen LogP contribution is 2.22. The number of carbonyl (C=O) groups excluding carboxylic acids is 1. The summed E-state index contributed by atoms with van der Waals surface area (Å²) >= 11 is 0. The molecule has 9 heteroatoms. The van der Waals surface area contributed by atoms with Crippen molar-refractivity contribution in [2.75, 3.05) is 13.2 Å². The van der Waals surface area contributed by atoms with Crippen molar-refractivity contribution in [3.8, 4) is 0 Å². The second-order valence-electron chi connectivity index (χ2n) is 9.57. The van der Waals surface area contributed by atoms with Gasteiger partial charge in [0.05, 0.1) is 25.4 Å². The molecular formula is C27H49NO8. The van der Waals surface area contributed by atoms with Gasteiger partial charge in [-0.1, -0.05) is 76.2 Å². The fourth-order valence-electron chi connectivity index (χ4n) is 4.08. The average Bonchev–Trinajstić information content (AvgIpc) is 2.86. The number of aliphatic hydroxyl groups excluding tert-OH is 5. The summed E-state index contributed by atoms with van der Waals surface area (Å²) in [5.41, 5.74) is 0. The van der Waals surface area contributed by atoms with Gasteiger partial charge in [0, 0.05) is 6.92 Å². The van der Waals surface area contributed by atoms with Gasteiger partial charge >= 0.3 is 0 Å². The molecule has 1 fully saturated rings. The van der Waals surface area contributed by atoms with Gasteiger partial charge in [-0.2, -0.15) is 0 Å². The zero-order valence-corrected chi connectivity index (χ0v) is 22.0. The van der Waals surface area contributed by atoms with Gasteiger partial charge in [-0.15, -0.1) is 0 Å². The van der Waals surface area contributed by atoms with E-state index >= 15 is 0 Å². The highest BCUT2D eigenvalue weighted by atomic mass is 16.7. The van der Waals surface area contributed by atoms with Crippen LogP contribution in [0, 0.1) is 0 Å². The molecule has 0 aliphatic carbocycles. The third kappa shape index (κ3) is 13.3. The summed E-state index contributed by atoms with van der Waals surface area (Å²) < 4.78 is 10.8. The third-order valence-corrected chi connectivity index (χ3v) is 6.31. The van der Waals surface area contributed by atoms with Gasteiger partial charge < -0.3 is 40.3 Å². The lowest BCUT2D eigenvalue weighted by atomic mass is 9.99. The van der Waals surface area contributed by atoms with Crippen molar-refractivity contribution in [3.63, 3.8) is 0 Å². The number of hydrogen-bond donors (Lipinski definition) is 6. The van der Waals surface area contributed by atoms with Gasteiger partial charge in [0.2, 0.25) is 5.91 Å². The predicted molar refractivity (Wildman–Crippen MR) is 138 cm³/mol. The molecule has 1 rings (SSSR count). The van der Waals surface area contributed by atoms with Crippen molar-refractivity contribution in [2.24, 2.45) is 0 Å². The number of nitrogens with one attached hydrogen (secondary N) is 1. The van der Waals surface area contributed by atoms with Crippen molar-refractivity contribution in [2.45, 2.75) is 127 Å². The summed E-state index contributed by atoms with van der Waals surface area (Å²) in [6, 6.07) is -0.816. The smallest absolute Gasteiger partial charge is 0.217 e. The van der Waals surface area contributed by atoms with E-state index in [-0.39, 0.29) is 12.5 Å². The third-order valence-electron chi connectivity index (χ3n) is 6.31. The van der Waals surface area contributed by atoms with Crippen molar-refractivity contribution in [1.82, 2.24) is 5.32 Å². The molecule has 9 nitrogen and oxygen atoms in total. The molecule has 1 aliphatic rings. The van der Waals surface area contributed by atoms with Crippen LogP contribution in [-0.2, 0) is 14.3 Å². The van der Waals surface area contributed by atoms with E-state index in [1.165, 1.54) is 58.3 Å². The Balaban J connectivity index is 2.34. The SMILES string of the molecule is CCCCCCCCCC/C=C/CC/C=C/C(O)C(COC1OC(CO)C(O)C(O)C1O)NC(C)=O. The Kier molecular flexibility index (Phi) is 17.9. The number of carbonyl (C=O) groups is 1. The molecule has 0 aromatic carbocycles. The Morgan fingerprint density at radius 1 is 0.917 bits per heavy atom. The zero-order valence-electron chi connectivity index (χ0n) is 22.0. The average molecular weight is 516 g/mol. The van der Waals surface area contributed by atoms with Crippen molar-refractivity contribution >= 4 is 5.91 Å². The second kappa shape index (κ2) is 19.7. The fraction of sp³-hybridized carbons (Fsp3) is 0.815. The van der Waals surface area contributed by atoms with Crippen LogP contribution in [0.2, 0.25) is 0 Å². The Bertz CT molecular complexity index is 627. The standard InChI is InChI=1S/C27H49NO8/c1-3-4-5-6-7-8-9-10-11-12-13-14-15-16-17-22(31)21(28-20(2)30)19-35-27-26(34)25(33)24(32)23(18-29)36-27/h12-13,16-17,21-27,29,31-34H,3-11,14-15,18-19H2,1-2H3,(H,28,30)/b13-12+,17-16+. The molecule has 1 heterocycles. The number of ether oxygens (including phenoxy) is 2. The molecule has 0 radical (unpaired) electrons. The molecule has 0 spiro atoms. The summed E-state index contributed by atoms with van der Waals surface area (Å²) in [6.45, 7) is 2.76. The normalized spacial score (nSPS) is 26.5. The number of amides is 1. The number of aliphatic hydroxyl groups is 5. The van der Waals surface area contributed by atoms with Gasteiger partial charge in [0.15, 0.2) is 6.29 Å². The highest BCUT2D eigenvalue weighted by molar-refractivity contribution is 5.73. The molecule has 210 valence electrons. The van der Waals surface area contributed by atoms with Crippen LogP contribution in [0.25, 0.3) is 0 Å². The second-order valence-corrected chi connectivity index (χ2v) is 9.57. The molecule has 1 aliphatic heterocycles. The van der Waals surface area contributed by atoms with Gasteiger partial charge in [0.1, 0.15) is 24.4 Å². The van der Waals surface area contributed by atoms with Crippen molar-refractivity contribution in [1.29, 1.82) is 0 Å². The van der Waals surface area contributed by atoms with Gasteiger partial charge in [-0.25, -0.2) is 0 Å². The summed E-state index contributed by atoms with van der Waals surface area (Å²) in [5, 5.41) is 52.2. The van der Waals surface area contributed by atoms with Crippen molar-refractivity contribution in [3.05, 3.63) is 24.3 Å². The zero-order chi connectivity index (χ0) is 26.8. The largest absolute Gasteiger partial charge is 0.394 e. The van der Waals surface area contributed by atoms with Crippen LogP contribution in [0.1, 0.15) is 84.5 Å². The maximum Gasteiger partial charge on any atom is 0.217 e. The molecule has 0 aromatic heterocycles. The molecule has 1 amide bonds. The molecule has 6 N–H and O–H groups in total. The number of allylic oxidation sites excluding steroid dienone is 3. The molecule has 7 atom stereocenters. The van der Waals surface area contributed by atoms with Crippen molar-refractivity contribution < 1.29 is 39.8 Å². The minimum Gasteiger partial charge on any atom is -0.394 e. The van der Waals surface area contributed by atoms with E-state index in [0.717, 1.165) is 19.3 Å². The van der Waals surface area contributed by atoms with E-state index in [9.17, 15) is 30.3 Å². The lowest BCUT2D eigenvalue weighted by Crippen LogP contribution is -2.60. The van der Waals surface area contributed by atoms with Crippen LogP contribution in [0.5, 0.6) is 0 Å². The first kappa shape index (κ1) is 32.7. The molecule has 0 aromatic rings. The number of hydrogen-bond acceptors (Lipinski definition) is 8. The Hall–Kier alpha value is -1.33. The quantitative estimate of drug-likeness (QED) is 0.113. The lowest BCUT2D eigenvalue weighted by molar-refractivity contribution is -0.302. The maximum atomic E-state index is 11.6. The van der Waals surface area contributed by atoms with E-state index in [1.807, 2.05) is 6.08 Å². The summed E-state index contributed by atoms with van der Waals surface area (Å²) in [5.74, 6) is -0.367. The molecule has 36 heavy (non-hydrogen) atoms. The Labute approximate surface area is 216 Å². The van der Waals surface area contributed by atoms with E-state index in [4.69, 9.17) is 9.47 Å². The predicted octanol–water partition coefficient (Wildman–Crippen LogP) is 2.09. The minimum absolute atomic E-state index is 0.216. The van der Waals surface area contributed by atoms with Crippen LogP contribution >= 0.6 is 0 Å². The number of unbranched alkanes of at least 4 members (excludes halogenated alkanes) is 9. The van der Waals surface area contributed by atoms with Gasteiger partial charge in [-0.3, -0.25) is 4.79 Å². The molecule has 7 unspecified atom stereocenters. The first-order valence-electron chi connectivity index (χ1n) is 13.5. The minimum atomic E-state index is -1.56. The van der Waals surface area contributed by atoms with E-state index in [2.05, 4.69) is 24.4 Å². The van der Waals surface area contributed by atoms with E-state index < -0.39 is 49.5 Å². The summed E-state index contributed by atoms with van der Waals surface area (Å²) in [4.78, 5) is 11.6. The Morgan fingerprint density at radius 3 is 2.17 bits per heavy atom. The lowest BCUT2D eigenvalue weighted by Gasteiger charge is -2.40. The first-order valence-corrected chi connectivity index (χ1v) is 13.5. The molecular weight excluding hydrogens is 466 g/mol. The maximum absolute atomic E-state index is 11.6. The van der Waals surface area contributed by atoms with E-state index in [1.54, 1.807) is 6.08 Å². The van der Waals surface area contributed by atoms with E-state index in [0.29, 0.717) is 0 Å².